The number of amides is 2. The van der Waals surface area contributed by atoms with Crippen LogP contribution in [0.5, 0.6) is 5.75 Å². The minimum Gasteiger partial charge on any atom is -0.484 e. The fraction of sp³-hybridized carbons (Fsp3) is 0.217. The van der Waals surface area contributed by atoms with Crippen LogP contribution in [0.4, 0.5) is 11.4 Å². The fourth-order valence-corrected chi connectivity index (χ4v) is 6.50. The topological polar surface area (TPSA) is 67.4 Å². The number of hydrogen-bond donors (Lipinski definition) is 2. The Bertz CT molecular complexity index is 1000. The van der Waals surface area contributed by atoms with Crippen molar-refractivity contribution >= 4 is 58.0 Å². The third kappa shape index (κ3) is 6.29. The van der Waals surface area contributed by atoms with E-state index in [1.54, 1.807) is 30.3 Å². The van der Waals surface area contributed by atoms with Gasteiger partial charge < -0.3 is 15.4 Å². The minimum atomic E-state index is -0.238. The predicted molar refractivity (Wildman–Crippen MR) is 132 cm³/mol. The minimum absolute atomic E-state index is 0.0663. The quantitative estimate of drug-likeness (QED) is 0.451. The molecule has 2 aromatic carbocycles. The van der Waals surface area contributed by atoms with Gasteiger partial charge in [0.25, 0.3) is 11.8 Å². The molecule has 5 nitrogen and oxygen atoms in total. The molecule has 0 saturated carbocycles. The summed E-state index contributed by atoms with van der Waals surface area (Å²) in [5.41, 5.74) is 2.60. The van der Waals surface area contributed by atoms with Crippen LogP contribution in [0.3, 0.4) is 0 Å². The van der Waals surface area contributed by atoms with Crippen molar-refractivity contribution in [2.45, 2.75) is 11.0 Å². The SMILES string of the molecule is O=C(COc1ccc(C2SCCCS2)cc1)Nc1ccc(NC(=O)c2cccs2)cc1. The summed E-state index contributed by atoms with van der Waals surface area (Å²) in [7, 11) is 0. The molecule has 0 radical (unpaired) electrons. The Hall–Kier alpha value is -2.42. The van der Waals surface area contributed by atoms with E-state index in [1.165, 1.54) is 34.8 Å². The largest absolute Gasteiger partial charge is 0.484 e. The summed E-state index contributed by atoms with van der Waals surface area (Å²) in [5, 5.41) is 7.49. The Kier molecular flexibility index (Phi) is 7.56. The van der Waals surface area contributed by atoms with E-state index in [1.807, 2.05) is 47.1 Å². The van der Waals surface area contributed by atoms with Crippen LogP contribution in [-0.2, 0) is 4.79 Å². The second-order valence-electron chi connectivity index (χ2n) is 6.84. The van der Waals surface area contributed by atoms with Crippen molar-refractivity contribution in [2.24, 2.45) is 0 Å². The third-order valence-electron chi connectivity index (χ3n) is 4.52. The molecule has 0 aliphatic carbocycles. The van der Waals surface area contributed by atoms with Crippen molar-refractivity contribution < 1.29 is 14.3 Å². The maximum atomic E-state index is 12.2. The van der Waals surface area contributed by atoms with Gasteiger partial charge in [0.2, 0.25) is 0 Å². The molecule has 0 spiro atoms. The Morgan fingerprint density at radius 1 is 0.903 bits per heavy atom. The lowest BCUT2D eigenvalue weighted by atomic mass is 10.2. The van der Waals surface area contributed by atoms with E-state index in [0.29, 0.717) is 26.6 Å². The second-order valence-corrected chi connectivity index (χ2v) is 10.5. The first-order valence-electron chi connectivity index (χ1n) is 9.88. The lowest BCUT2D eigenvalue weighted by Crippen LogP contribution is -2.20. The van der Waals surface area contributed by atoms with Crippen molar-refractivity contribution in [3.05, 3.63) is 76.5 Å². The zero-order chi connectivity index (χ0) is 21.5. The molecule has 2 N–H and O–H groups in total. The monoisotopic (exact) mass is 470 g/mol. The molecule has 8 heteroatoms. The number of thioether (sulfide) groups is 2. The first-order chi connectivity index (χ1) is 15.2. The highest BCUT2D eigenvalue weighted by Gasteiger charge is 2.16. The van der Waals surface area contributed by atoms with Crippen molar-refractivity contribution in [3.63, 3.8) is 0 Å². The number of anilines is 2. The molecule has 3 aromatic rings. The summed E-state index contributed by atoms with van der Waals surface area (Å²) < 4.78 is 6.11. The van der Waals surface area contributed by atoms with E-state index in [4.69, 9.17) is 4.74 Å². The highest BCUT2D eigenvalue weighted by molar-refractivity contribution is 8.16. The molecule has 160 valence electrons. The van der Waals surface area contributed by atoms with E-state index < -0.39 is 0 Å². The molecule has 31 heavy (non-hydrogen) atoms. The van der Waals surface area contributed by atoms with Crippen LogP contribution in [-0.4, -0.2) is 29.9 Å². The van der Waals surface area contributed by atoms with Gasteiger partial charge >= 0.3 is 0 Å². The van der Waals surface area contributed by atoms with Crippen LogP contribution in [0.1, 0.15) is 26.2 Å². The highest BCUT2D eigenvalue weighted by atomic mass is 32.2. The Morgan fingerprint density at radius 3 is 2.23 bits per heavy atom. The molecule has 0 bridgehead atoms. The Balaban J connectivity index is 1.23. The standard InChI is InChI=1S/C23H22N2O3S3/c26-21(15-28-19-10-4-16(5-11-19)23-30-13-2-14-31-23)24-17-6-8-18(9-7-17)25-22(27)20-3-1-12-29-20/h1,3-12,23H,2,13-15H2,(H,24,26)(H,25,27). The van der Waals surface area contributed by atoms with Gasteiger partial charge in [0.05, 0.1) is 9.46 Å². The maximum absolute atomic E-state index is 12.2. The average Bonchev–Trinajstić information content (AvgIpc) is 3.35. The van der Waals surface area contributed by atoms with Gasteiger partial charge in [-0.1, -0.05) is 18.2 Å². The molecule has 1 saturated heterocycles. The van der Waals surface area contributed by atoms with E-state index in [9.17, 15) is 9.59 Å². The van der Waals surface area contributed by atoms with E-state index >= 15 is 0 Å². The first kappa shape index (κ1) is 21.8. The van der Waals surface area contributed by atoms with Gasteiger partial charge in [0.15, 0.2) is 6.61 Å². The number of thiophene rings is 1. The zero-order valence-corrected chi connectivity index (χ0v) is 19.2. The normalized spacial score (nSPS) is 14.1. The van der Waals surface area contributed by atoms with Crippen LogP contribution < -0.4 is 15.4 Å². The summed E-state index contributed by atoms with van der Waals surface area (Å²) in [6.45, 7) is -0.0663. The maximum Gasteiger partial charge on any atom is 0.265 e. The van der Waals surface area contributed by atoms with E-state index in [-0.39, 0.29) is 18.4 Å². The number of nitrogens with one attached hydrogen (secondary N) is 2. The summed E-state index contributed by atoms with van der Waals surface area (Å²) in [6.07, 6.45) is 1.27. The summed E-state index contributed by atoms with van der Waals surface area (Å²) in [4.78, 5) is 24.9. The number of benzene rings is 2. The molecule has 1 aliphatic rings. The molecule has 0 unspecified atom stereocenters. The number of hydrogen-bond acceptors (Lipinski definition) is 6. The molecule has 4 rings (SSSR count). The van der Waals surface area contributed by atoms with Crippen LogP contribution >= 0.6 is 34.9 Å². The molecule has 2 heterocycles. The van der Waals surface area contributed by atoms with Crippen LogP contribution in [0, 0.1) is 0 Å². The average molecular weight is 471 g/mol. The summed E-state index contributed by atoms with van der Waals surface area (Å²) in [5.74, 6) is 2.71. The van der Waals surface area contributed by atoms with Crippen molar-refractivity contribution in [1.29, 1.82) is 0 Å². The van der Waals surface area contributed by atoms with Crippen molar-refractivity contribution in [3.8, 4) is 5.75 Å². The molecular weight excluding hydrogens is 448 g/mol. The van der Waals surface area contributed by atoms with E-state index in [2.05, 4.69) is 22.8 Å². The van der Waals surface area contributed by atoms with Crippen LogP contribution in [0.25, 0.3) is 0 Å². The molecule has 2 amide bonds. The number of rotatable bonds is 7. The van der Waals surface area contributed by atoms with Crippen molar-refractivity contribution in [1.82, 2.24) is 0 Å². The summed E-state index contributed by atoms with van der Waals surface area (Å²) >= 11 is 5.35. The number of carbonyl (C=O) groups excluding carboxylic acids is 2. The van der Waals surface area contributed by atoms with Gasteiger partial charge in [-0.2, -0.15) is 0 Å². The zero-order valence-electron chi connectivity index (χ0n) is 16.7. The number of carbonyl (C=O) groups is 2. The predicted octanol–water partition coefficient (Wildman–Crippen LogP) is 5.89. The Labute approximate surface area is 194 Å². The first-order valence-corrected chi connectivity index (χ1v) is 12.9. The molecule has 1 fully saturated rings. The van der Waals surface area contributed by atoms with Gasteiger partial charge in [-0.25, -0.2) is 0 Å². The summed E-state index contributed by atoms with van der Waals surface area (Å²) in [6, 6.07) is 18.6. The molecular formula is C23H22N2O3S3. The van der Waals surface area contributed by atoms with E-state index in [0.717, 1.165) is 0 Å². The second kappa shape index (κ2) is 10.7. The van der Waals surface area contributed by atoms with Crippen LogP contribution in [0.15, 0.2) is 66.0 Å². The fourth-order valence-electron chi connectivity index (χ4n) is 2.98. The number of ether oxygens (including phenoxy) is 1. The lowest BCUT2D eigenvalue weighted by Gasteiger charge is -2.21. The smallest absolute Gasteiger partial charge is 0.265 e. The third-order valence-corrected chi connectivity index (χ3v) is 8.40. The molecule has 1 aromatic heterocycles. The Morgan fingerprint density at radius 2 is 1.58 bits per heavy atom. The lowest BCUT2D eigenvalue weighted by molar-refractivity contribution is -0.118. The van der Waals surface area contributed by atoms with Gasteiger partial charge in [-0.05, 0) is 71.3 Å². The van der Waals surface area contributed by atoms with Gasteiger partial charge in [0.1, 0.15) is 5.75 Å². The molecule has 0 atom stereocenters. The van der Waals surface area contributed by atoms with Gasteiger partial charge in [-0.3, -0.25) is 9.59 Å². The van der Waals surface area contributed by atoms with Crippen LogP contribution in [0.2, 0.25) is 0 Å². The van der Waals surface area contributed by atoms with Gasteiger partial charge in [-0.15, -0.1) is 34.9 Å². The molecule has 1 aliphatic heterocycles. The highest BCUT2D eigenvalue weighted by Crippen LogP contribution is 2.43. The van der Waals surface area contributed by atoms with Gasteiger partial charge in [0, 0.05) is 11.4 Å². The van der Waals surface area contributed by atoms with Crippen molar-refractivity contribution in [2.75, 3.05) is 28.7 Å².